The molecule has 0 aromatic carbocycles. The van der Waals surface area contributed by atoms with E-state index in [-0.39, 0.29) is 13.2 Å². The van der Waals surface area contributed by atoms with E-state index < -0.39 is 6.10 Å². The molecule has 0 amide bonds. The lowest BCUT2D eigenvalue weighted by Crippen LogP contribution is -2.24. The first kappa shape index (κ1) is 16.8. The van der Waals surface area contributed by atoms with Crippen LogP contribution >= 0.6 is 0 Å². The van der Waals surface area contributed by atoms with Crippen LogP contribution in [0.25, 0.3) is 0 Å². The van der Waals surface area contributed by atoms with Crippen molar-refractivity contribution in [3.05, 3.63) is 24.0 Å². The summed E-state index contributed by atoms with van der Waals surface area (Å²) in [5.74, 6) is 0.640. The number of hydrogen-bond donors (Lipinski definition) is 2. The second-order valence-corrected chi connectivity index (χ2v) is 4.30. The monoisotopic (exact) mass is 284 g/mol. The fraction of sp³-hybridized carbons (Fsp3) is 0.643. The van der Waals surface area contributed by atoms with Gasteiger partial charge < -0.3 is 24.6 Å². The minimum atomic E-state index is -0.659. The van der Waals surface area contributed by atoms with Crippen LogP contribution in [0, 0.1) is 0 Å². The molecule has 6 heteroatoms. The van der Waals surface area contributed by atoms with Crippen LogP contribution in [0.4, 0.5) is 0 Å². The fourth-order valence-electron chi connectivity index (χ4n) is 1.46. The minimum absolute atomic E-state index is 0.182. The molecule has 1 heterocycles. The first-order chi connectivity index (χ1) is 9.76. The number of aliphatic hydroxyl groups is 1. The van der Waals surface area contributed by atoms with E-state index in [9.17, 15) is 5.11 Å². The topological polar surface area (TPSA) is 72.8 Å². The van der Waals surface area contributed by atoms with E-state index in [4.69, 9.17) is 14.2 Å². The van der Waals surface area contributed by atoms with Crippen LogP contribution in [0.3, 0.4) is 0 Å². The normalized spacial score (nSPS) is 12.3. The summed E-state index contributed by atoms with van der Waals surface area (Å²) in [6.07, 6.45) is 0.999. The van der Waals surface area contributed by atoms with Gasteiger partial charge in [0, 0.05) is 13.7 Å². The SMILES string of the molecule is CCNCc1ccc(OCC(O)COCCOC)cn1. The maximum atomic E-state index is 9.66. The smallest absolute Gasteiger partial charge is 0.137 e. The van der Waals surface area contributed by atoms with E-state index in [1.54, 1.807) is 13.3 Å². The van der Waals surface area contributed by atoms with Crippen molar-refractivity contribution in [3.8, 4) is 5.75 Å². The van der Waals surface area contributed by atoms with Gasteiger partial charge in [-0.25, -0.2) is 0 Å². The summed E-state index contributed by atoms with van der Waals surface area (Å²) in [4.78, 5) is 4.26. The molecule has 0 saturated carbocycles. The van der Waals surface area contributed by atoms with E-state index in [0.29, 0.717) is 19.0 Å². The van der Waals surface area contributed by atoms with Crippen LogP contribution in [0.5, 0.6) is 5.75 Å². The Labute approximate surface area is 120 Å². The molecule has 2 N–H and O–H groups in total. The van der Waals surface area contributed by atoms with Crippen LogP contribution in [0.2, 0.25) is 0 Å². The molecule has 0 aliphatic heterocycles. The lowest BCUT2D eigenvalue weighted by atomic mass is 10.3. The standard InChI is InChI=1S/C14H24N2O4/c1-3-15-8-12-4-5-14(9-16-12)20-11-13(17)10-19-7-6-18-2/h4-5,9,13,15,17H,3,6-8,10-11H2,1-2H3. The molecule has 0 aliphatic rings. The molecule has 0 spiro atoms. The summed E-state index contributed by atoms with van der Waals surface area (Å²) in [5, 5.41) is 12.9. The fourth-order valence-corrected chi connectivity index (χ4v) is 1.46. The van der Waals surface area contributed by atoms with Gasteiger partial charge in [0.15, 0.2) is 0 Å². The first-order valence-electron chi connectivity index (χ1n) is 6.79. The maximum absolute atomic E-state index is 9.66. The predicted octanol–water partition coefficient (Wildman–Crippen LogP) is 0.594. The molecule has 6 nitrogen and oxygen atoms in total. The zero-order valence-corrected chi connectivity index (χ0v) is 12.2. The number of hydrogen-bond acceptors (Lipinski definition) is 6. The van der Waals surface area contributed by atoms with Gasteiger partial charge in [-0.2, -0.15) is 0 Å². The lowest BCUT2D eigenvalue weighted by Gasteiger charge is -2.12. The molecule has 1 unspecified atom stereocenters. The second kappa shape index (κ2) is 10.6. The van der Waals surface area contributed by atoms with Gasteiger partial charge in [0.1, 0.15) is 18.5 Å². The summed E-state index contributed by atoms with van der Waals surface area (Å²) in [7, 11) is 1.61. The molecule has 20 heavy (non-hydrogen) atoms. The van der Waals surface area contributed by atoms with Gasteiger partial charge in [-0.15, -0.1) is 0 Å². The highest BCUT2D eigenvalue weighted by Gasteiger charge is 2.06. The van der Waals surface area contributed by atoms with E-state index >= 15 is 0 Å². The van der Waals surface area contributed by atoms with Gasteiger partial charge in [0.25, 0.3) is 0 Å². The molecule has 1 atom stereocenters. The van der Waals surface area contributed by atoms with Crippen LogP contribution in [-0.2, 0) is 16.0 Å². The van der Waals surface area contributed by atoms with E-state index in [2.05, 4.69) is 10.3 Å². The zero-order chi connectivity index (χ0) is 14.6. The maximum Gasteiger partial charge on any atom is 0.137 e. The average Bonchev–Trinajstić information content (AvgIpc) is 2.48. The van der Waals surface area contributed by atoms with Crippen molar-refractivity contribution in [2.45, 2.75) is 19.6 Å². The summed E-state index contributed by atoms with van der Waals surface area (Å²) >= 11 is 0. The third-order valence-electron chi connectivity index (χ3n) is 2.54. The summed E-state index contributed by atoms with van der Waals surface area (Å²) in [6, 6.07) is 3.75. The molecule has 1 rings (SSSR count). The van der Waals surface area contributed by atoms with Crippen molar-refractivity contribution in [2.24, 2.45) is 0 Å². The number of ether oxygens (including phenoxy) is 3. The van der Waals surface area contributed by atoms with Crippen LogP contribution in [0.1, 0.15) is 12.6 Å². The van der Waals surface area contributed by atoms with Crippen molar-refractivity contribution in [3.63, 3.8) is 0 Å². The van der Waals surface area contributed by atoms with Gasteiger partial charge >= 0.3 is 0 Å². The summed E-state index contributed by atoms with van der Waals surface area (Å²) < 4.78 is 15.5. The Morgan fingerprint density at radius 3 is 2.80 bits per heavy atom. The Kier molecular flexibility index (Phi) is 8.90. The Morgan fingerprint density at radius 2 is 2.15 bits per heavy atom. The van der Waals surface area contributed by atoms with Gasteiger partial charge in [0.05, 0.1) is 31.7 Å². The number of nitrogens with one attached hydrogen (secondary N) is 1. The van der Waals surface area contributed by atoms with E-state index in [1.807, 2.05) is 19.1 Å². The minimum Gasteiger partial charge on any atom is -0.489 e. The number of nitrogens with zero attached hydrogens (tertiary/aromatic N) is 1. The van der Waals surface area contributed by atoms with Gasteiger partial charge in [-0.3, -0.25) is 4.98 Å². The molecule has 114 valence electrons. The molecule has 1 aromatic rings. The molecular weight excluding hydrogens is 260 g/mol. The van der Waals surface area contributed by atoms with Gasteiger partial charge in [0.2, 0.25) is 0 Å². The van der Waals surface area contributed by atoms with Gasteiger partial charge in [-0.1, -0.05) is 6.92 Å². The van der Waals surface area contributed by atoms with Crippen molar-refractivity contribution >= 4 is 0 Å². The number of methoxy groups -OCH3 is 1. The Hall–Kier alpha value is -1.21. The summed E-state index contributed by atoms with van der Waals surface area (Å²) in [6.45, 7) is 5.10. The quantitative estimate of drug-likeness (QED) is 0.580. The first-order valence-corrected chi connectivity index (χ1v) is 6.79. The zero-order valence-electron chi connectivity index (χ0n) is 12.2. The second-order valence-electron chi connectivity index (χ2n) is 4.30. The number of aliphatic hydroxyl groups excluding tert-OH is 1. The highest BCUT2D eigenvalue weighted by Crippen LogP contribution is 2.09. The van der Waals surface area contributed by atoms with E-state index in [0.717, 1.165) is 18.8 Å². The lowest BCUT2D eigenvalue weighted by molar-refractivity contribution is -0.00424. The number of rotatable bonds is 11. The molecule has 0 saturated heterocycles. The average molecular weight is 284 g/mol. The molecule has 0 fully saturated rings. The van der Waals surface area contributed by atoms with Crippen molar-refractivity contribution in [1.82, 2.24) is 10.3 Å². The van der Waals surface area contributed by atoms with Gasteiger partial charge in [-0.05, 0) is 18.7 Å². The number of aromatic nitrogens is 1. The number of pyridine rings is 1. The highest BCUT2D eigenvalue weighted by atomic mass is 16.5. The van der Waals surface area contributed by atoms with Crippen LogP contribution in [0.15, 0.2) is 18.3 Å². The van der Waals surface area contributed by atoms with Crippen LogP contribution in [-0.4, -0.2) is 56.3 Å². The molecular formula is C14H24N2O4. The van der Waals surface area contributed by atoms with Crippen LogP contribution < -0.4 is 10.1 Å². The van der Waals surface area contributed by atoms with E-state index in [1.165, 1.54) is 0 Å². The molecule has 0 radical (unpaired) electrons. The molecule has 0 bridgehead atoms. The summed E-state index contributed by atoms with van der Waals surface area (Å²) in [5.41, 5.74) is 0.961. The molecule has 1 aromatic heterocycles. The third kappa shape index (κ3) is 7.40. The van der Waals surface area contributed by atoms with Crippen molar-refractivity contribution < 1.29 is 19.3 Å². The Morgan fingerprint density at radius 1 is 1.30 bits per heavy atom. The molecule has 0 aliphatic carbocycles. The Bertz CT molecular complexity index is 346. The Balaban J connectivity index is 2.20. The largest absolute Gasteiger partial charge is 0.489 e. The van der Waals surface area contributed by atoms with Crippen molar-refractivity contribution in [1.29, 1.82) is 0 Å². The van der Waals surface area contributed by atoms with Crippen molar-refractivity contribution in [2.75, 3.05) is 40.1 Å². The third-order valence-corrected chi connectivity index (χ3v) is 2.54. The highest BCUT2D eigenvalue weighted by molar-refractivity contribution is 5.19. The predicted molar refractivity (Wildman–Crippen MR) is 75.8 cm³/mol.